The van der Waals surface area contributed by atoms with Crippen LogP contribution in [-0.4, -0.2) is 57.8 Å². The molecule has 10 nitrogen and oxygen atoms in total. The minimum absolute atomic E-state index is 0.101. The number of aryl methyl sites for hydroxylation is 1. The van der Waals surface area contributed by atoms with Crippen LogP contribution < -0.4 is 21.7 Å². The molecule has 1 aliphatic heterocycles. The summed E-state index contributed by atoms with van der Waals surface area (Å²) < 4.78 is 1.78. The van der Waals surface area contributed by atoms with Crippen molar-refractivity contribution >= 4 is 23.4 Å². The van der Waals surface area contributed by atoms with Crippen molar-refractivity contribution in [3.63, 3.8) is 0 Å². The number of aromatic nitrogens is 3. The average Bonchev–Trinajstić information content (AvgIpc) is 3.33. The number of carbonyl (C=O) groups excluding carboxylic acids is 2. The van der Waals surface area contributed by atoms with Gasteiger partial charge in [-0.3, -0.25) is 9.48 Å². The zero-order chi connectivity index (χ0) is 26.0. The van der Waals surface area contributed by atoms with E-state index in [1.165, 1.54) is 19.3 Å². The van der Waals surface area contributed by atoms with Gasteiger partial charge in [-0.05, 0) is 62.2 Å². The molecule has 1 aromatic carbocycles. The molecule has 1 fully saturated rings. The maximum atomic E-state index is 12.9. The number of hydrogen-bond donors (Lipinski definition) is 4. The predicted octanol–water partition coefficient (Wildman–Crippen LogP) is 3.47. The van der Waals surface area contributed by atoms with Gasteiger partial charge >= 0.3 is 6.03 Å². The molecule has 1 aliphatic rings. The number of piperidine rings is 1. The molecule has 3 aromatic rings. The molecular formula is C27H36N8O2. The first-order valence-corrected chi connectivity index (χ1v) is 13.0. The van der Waals surface area contributed by atoms with E-state index in [1.54, 1.807) is 16.9 Å². The van der Waals surface area contributed by atoms with Gasteiger partial charge in [0, 0.05) is 43.6 Å². The van der Waals surface area contributed by atoms with Crippen LogP contribution in [0.1, 0.15) is 48.7 Å². The van der Waals surface area contributed by atoms with Crippen molar-refractivity contribution in [1.82, 2.24) is 30.3 Å². The number of rotatable bonds is 10. The zero-order valence-electron chi connectivity index (χ0n) is 21.4. The van der Waals surface area contributed by atoms with Crippen molar-refractivity contribution in [2.45, 2.75) is 45.7 Å². The van der Waals surface area contributed by atoms with Crippen LogP contribution >= 0.6 is 0 Å². The lowest BCUT2D eigenvalue weighted by Crippen LogP contribution is -2.38. The van der Waals surface area contributed by atoms with Crippen molar-refractivity contribution in [3.8, 4) is 11.3 Å². The lowest BCUT2D eigenvalue weighted by molar-refractivity contribution is 0.0935. The summed E-state index contributed by atoms with van der Waals surface area (Å²) in [6, 6.07) is 12.4. The summed E-state index contributed by atoms with van der Waals surface area (Å²) in [7, 11) is 0. The minimum atomic E-state index is -0.319. The van der Waals surface area contributed by atoms with Gasteiger partial charge in [-0.2, -0.15) is 5.10 Å². The van der Waals surface area contributed by atoms with Crippen LogP contribution in [-0.2, 0) is 13.1 Å². The number of benzene rings is 1. The first kappa shape index (κ1) is 26.2. The smallest absolute Gasteiger partial charge is 0.319 e. The standard InChI is InChI=1S/C27H36N8O2/c1-2-13-35-24(26(36)29-12-16-34-14-4-3-5-15-34)17-23(33-35)21-7-9-22(10-8-21)32-27(37)31-19-20-6-11-25(28)30-18-20/h6-11,17-18H,2-5,12-16,19H2,1H3,(H2,28,30)(H,29,36)(H2,31,32,37). The number of nitrogens with one attached hydrogen (secondary N) is 3. The van der Waals surface area contributed by atoms with Gasteiger partial charge < -0.3 is 26.6 Å². The molecule has 0 spiro atoms. The van der Waals surface area contributed by atoms with Crippen LogP contribution in [0.15, 0.2) is 48.7 Å². The molecule has 196 valence electrons. The highest BCUT2D eigenvalue weighted by atomic mass is 16.2. The van der Waals surface area contributed by atoms with Gasteiger partial charge in [0.1, 0.15) is 11.5 Å². The SMILES string of the molecule is CCCn1nc(-c2ccc(NC(=O)NCc3ccc(N)nc3)cc2)cc1C(=O)NCCN1CCCCC1. The number of urea groups is 1. The fourth-order valence-corrected chi connectivity index (χ4v) is 4.35. The second-order valence-electron chi connectivity index (χ2n) is 9.27. The van der Waals surface area contributed by atoms with Crippen LogP contribution in [0.3, 0.4) is 0 Å². The van der Waals surface area contributed by atoms with E-state index >= 15 is 0 Å². The highest BCUT2D eigenvalue weighted by molar-refractivity contribution is 5.94. The van der Waals surface area contributed by atoms with E-state index in [0.717, 1.165) is 42.9 Å². The number of nitrogens with zero attached hydrogens (tertiary/aromatic N) is 4. The summed E-state index contributed by atoms with van der Waals surface area (Å²) in [6.07, 6.45) is 6.28. The molecule has 5 N–H and O–H groups in total. The Bertz CT molecular complexity index is 1170. The third-order valence-electron chi connectivity index (χ3n) is 6.35. The Labute approximate surface area is 217 Å². The van der Waals surface area contributed by atoms with E-state index in [9.17, 15) is 9.59 Å². The van der Waals surface area contributed by atoms with Gasteiger partial charge in [-0.1, -0.05) is 31.5 Å². The molecule has 0 saturated carbocycles. The summed E-state index contributed by atoms with van der Waals surface area (Å²) >= 11 is 0. The molecular weight excluding hydrogens is 468 g/mol. The predicted molar refractivity (Wildman–Crippen MR) is 145 cm³/mol. The van der Waals surface area contributed by atoms with Crippen molar-refractivity contribution in [1.29, 1.82) is 0 Å². The fraction of sp³-hybridized carbons (Fsp3) is 0.407. The van der Waals surface area contributed by atoms with E-state index < -0.39 is 0 Å². The van der Waals surface area contributed by atoms with Gasteiger partial charge in [-0.25, -0.2) is 9.78 Å². The molecule has 0 aliphatic carbocycles. The highest BCUT2D eigenvalue weighted by Crippen LogP contribution is 2.22. The number of carbonyl (C=O) groups is 2. The van der Waals surface area contributed by atoms with Crippen molar-refractivity contribution in [2.75, 3.05) is 37.2 Å². The van der Waals surface area contributed by atoms with E-state index in [0.29, 0.717) is 36.8 Å². The van der Waals surface area contributed by atoms with Crippen LogP contribution in [0.4, 0.5) is 16.3 Å². The molecule has 4 rings (SSSR count). The molecule has 1 saturated heterocycles. The Balaban J connectivity index is 1.33. The quantitative estimate of drug-likeness (QED) is 0.334. The molecule has 10 heteroatoms. The van der Waals surface area contributed by atoms with Crippen molar-refractivity contribution in [2.24, 2.45) is 0 Å². The lowest BCUT2D eigenvalue weighted by Gasteiger charge is -2.26. The third-order valence-corrected chi connectivity index (χ3v) is 6.35. The topological polar surface area (TPSA) is 130 Å². The summed E-state index contributed by atoms with van der Waals surface area (Å²) in [5.74, 6) is 0.337. The number of nitrogens with two attached hydrogens (primary N) is 1. The van der Waals surface area contributed by atoms with Gasteiger partial charge in [0.25, 0.3) is 5.91 Å². The van der Waals surface area contributed by atoms with Gasteiger partial charge in [0.15, 0.2) is 0 Å². The van der Waals surface area contributed by atoms with Crippen LogP contribution in [0.25, 0.3) is 11.3 Å². The molecule has 0 unspecified atom stereocenters. The van der Waals surface area contributed by atoms with Crippen LogP contribution in [0, 0.1) is 0 Å². The average molecular weight is 505 g/mol. The molecule has 0 radical (unpaired) electrons. The van der Waals surface area contributed by atoms with E-state index in [-0.39, 0.29) is 11.9 Å². The largest absolute Gasteiger partial charge is 0.384 e. The molecule has 0 bridgehead atoms. The van der Waals surface area contributed by atoms with Crippen molar-refractivity contribution in [3.05, 3.63) is 59.9 Å². The van der Waals surface area contributed by atoms with Gasteiger partial charge in [0.05, 0.1) is 5.69 Å². The van der Waals surface area contributed by atoms with E-state index in [1.807, 2.05) is 36.4 Å². The normalized spacial score (nSPS) is 13.8. The Morgan fingerprint density at radius 2 is 1.78 bits per heavy atom. The maximum Gasteiger partial charge on any atom is 0.319 e. The van der Waals surface area contributed by atoms with Crippen LogP contribution in [0.5, 0.6) is 0 Å². The molecule has 3 heterocycles. The first-order valence-electron chi connectivity index (χ1n) is 13.0. The molecule has 0 atom stereocenters. The third kappa shape index (κ3) is 7.53. The number of nitrogen functional groups attached to an aromatic ring is 1. The lowest BCUT2D eigenvalue weighted by atomic mass is 10.1. The minimum Gasteiger partial charge on any atom is -0.384 e. The summed E-state index contributed by atoms with van der Waals surface area (Å²) in [6.45, 7) is 6.80. The van der Waals surface area contributed by atoms with Crippen LogP contribution in [0.2, 0.25) is 0 Å². The summed E-state index contributed by atoms with van der Waals surface area (Å²) in [5, 5.41) is 13.4. The number of hydrogen-bond acceptors (Lipinski definition) is 6. The van der Waals surface area contributed by atoms with Gasteiger partial charge in [-0.15, -0.1) is 0 Å². The molecule has 2 aromatic heterocycles. The highest BCUT2D eigenvalue weighted by Gasteiger charge is 2.17. The Morgan fingerprint density at radius 3 is 2.49 bits per heavy atom. The monoisotopic (exact) mass is 504 g/mol. The first-order chi connectivity index (χ1) is 18.0. The summed E-state index contributed by atoms with van der Waals surface area (Å²) in [4.78, 5) is 31.6. The maximum absolute atomic E-state index is 12.9. The Kier molecular flexibility index (Phi) is 9.09. The van der Waals surface area contributed by atoms with Crippen molar-refractivity contribution < 1.29 is 9.59 Å². The molecule has 3 amide bonds. The van der Waals surface area contributed by atoms with Gasteiger partial charge in [0.2, 0.25) is 0 Å². The number of anilines is 2. The second-order valence-corrected chi connectivity index (χ2v) is 9.27. The fourth-order valence-electron chi connectivity index (χ4n) is 4.35. The number of amides is 3. The number of pyridine rings is 1. The Morgan fingerprint density at radius 1 is 1.00 bits per heavy atom. The second kappa shape index (κ2) is 12.9. The Hall–Kier alpha value is -3.92. The number of likely N-dealkylation sites (tertiary alicyclic amines) is 1. The molecule has 37 heavy (non-hydrogen) atoms. The zero-order valence-corrected chi connectivity index (χ0v) is 21.4. The summed E-state index contributed by atoms with van der Waals surface area (Å²) in [5.41, 5.74) is 9.25. The van der Waals surface area contributed by atoms with E-state index in [2.05, 4.69) is 37.9 Å². The van der Waals surface area contributed by atoms with E-state index in [4.69, 9.17) is 5.73 Å².